The van der Waals surface area contributed by atoms with E-state index in [2.05, 4.69) is 11.1 Å². The molecular weight excluding hydrogens is 218 g/mol. The van der Waals surface area contributed by atoms with E-state index in [1.807, 2.05) is 37.3 Å². The van der Waals surface area contributed by atoms with Crippen LogP contribution in [0.25, 0.3) is 11.3 Å². The molecule has 1 aromatic carbocycles. The Hall–Kier alpha value is -1.32. The Morgan fingerprint density at radius 1 is 1.31 bits per heavy atom. The molecule has 1 aromatic heterocycles. The van der Waals surface area contributed by atoms with Crippen molar-refractivity contribution in [1.82, 2.24) is 4.98 Å². The van der Waals surface area contributed by atoms with Crippen LogP contribution in [0.3, 0.4) is 0 Å². The first kappa shape index (κ1) is 11.2. The minimum Gasteiger partial charge on any atom is -0.611 e. The average Bonchev–Trinajstić information content (AvgIpc) is 2.39. The number of nitrogens with zero attached hydrogens (tertiary/aromatic N) is 1. The lowest BCUT2D eigenvalue weighted by Crippen LogP contribution is -2.03. The molecule has 2 aromatic rings. The fraction of sp³-hybridized carbons (Fsp3) is 0.154. The summed E-state index contributed by atoms with van der Waals surface area (Å²) in [5.74, 6) is 0.650. The van der Waals surface area contributed by atoms with Crippen molar-refractivity contribution in [3.05, 3.63) is 48.7 Å². The first-order chi connectivity index (χ1) is 7.81. The summed E-state index contributed by atoms with van der Waals surface area (Å²) >= 11 is -0.883. The smallest absolute Gasteiger partial charge is 0.152 e. The summed E-state index contributed by atoms with van der Waals surface area (Å²) in [7, 11) is 0. The molecule has 1 atom stereocenters. The Labute approximate surface area is 98.5 Å². The topological polar surface area (TPSA) is 36.0 Å². The van der Waals surface area contributed by atoms with E-state index in [9.17, 15) is 4.55 Å². The molecule has 0 aliphatic carbocycles. The molecule has 0 bridgehead atoms. The Morgan fingerprint density at radius 3 is 2.62 bits per heavy atom. The van der Waals surface area contributed by atoms with Gasteiger partial charge in [0.15, 0.2) is 4.90 Å². The normalized spacial score (nSPS) is 12.4. The van der Waals surface area contributed by atoms with Crippen molar-refractivity contribution >= 4 is 11.2 Å². The zero-order chi connectivity index (χ0) is 11.4. The second kappa shape index (κ2) is 5.14. The monoisotopic (exact) mass is 230 g/mol. The van der Waals surface area contributed by atoms with Crippen molar-refractivity contribution in [3.63, 3.8) is 0 Å². The SMILES string of the molecule is CC[S+]([O-])c1ccc(-c2c[c]ccn2)cc1. The molecule has 2 nitrogen and oxygen atoms in total. The average molecular weight is 230 g/mol. The number of rotatable bonds is 3. The van der Waals surface area contributed by atoms with Crippen molar-refractivity contribution < 1.29 is 4.55 Å². The van der Waals surface area contributed by atoms with Crippen LogP contribution in [0.5, 0.6) is 0 Å². The zero-order valence-corrected chi connectivity index (χ0v) is 9.83. The van der Waals surface area contributed by atoms with Gasteiger partial charge < -0.3 is 4.55 Å². The van der Waals surface area contributed by atoms with Gasteiger partial charge in [0, 0.05) is 11.8 Å². The lowest BCUT2D eigenvalue weighted by Gasteiger charge is -2.08. The first-order valence-corrected chi connectivity index (χ1v) is 6.44. The summed E-state index contributed by atoms with van der Waals surface area (Å²) in [6.07, 6.45) is 1.72. The van der Waals surface area contributed by atoms with E-state index in [0.717, 1.165) is 16.2 Å². The Morgan fingerprint density at radius 2 is 2.06 bits per heavy atom. The van der Waals surface area contributed by atoms with Crippen LogP contribution < -0.4 is 0 Å². The molecule has 0 aliphatic heterocycles. The summed E-state index contributed by atoms with van der Waals surface area (Å²) in [5, 5.41) is 0. The second-order valence-electron chi connectivity index (χ2n) is 3.30. The van der Waals surface area contributed by atoms with Gasteiger partial charge in [-0.1, -0.05) is 0 Å². The Balaban J connectivity index is 2.26. The highest BCUT2D eigenvalue weighted by Gasteiger charge is 2.07. The molecule has 16 heavy (non-hydrogen) atoms. The molecule has 0 N–H and O–H groups in total. The van der Waals surface area contributed by atoms with Crippen LogP contribution in [-0.4, -0.2) is 15.3 Å². The van der Waals surface area contributed by atoms with Crippen molar-refractivity contribution in [2.75, 3.05) is 5.75 Å². The van der Waals surface area contributed by atoms with Crippen LogP contribution in [-0.2, 0) is 11.2 Å². The molecule has 0 amide bonds. The van der Waals surface area contributed by atoms with Gasteiger partial charge >= 0.3 is 0 Å². The molecule has 0 aliphatic rings. The largest absolute Gasteiger partial charge is 0.611 e. The van der Waals surface area contributed by atoms with Gasteiger partial charge in [-0.05, 0) is 60.6 Å². The van der Waals surface area contributed by atoms with Gasteiger partial charge in [0.1, 0.15) is 5.75 Å². The van der Waals surface area contributed by atoms with Gasteiger partial charge in [-0.2, -0.15) is 0 Å². The fourth-order valence-electron chi connectivity index (χ4n) is 1.43. The highest BCUT2D eigenvalue weighted by Crippen LogP contribution is 2.19. The summed E-state index contributed by atoms with van der Waals surface area (Å²) < 4.78 is 11.6. The molecule has 1 unspecified atom stereocenters. The third kappa shape index (κ3) is 2.43. The van der Waals surface area contributed by atoms with Crippen LogP contribution in [0.15, 0.2) is 47.5 Å². The fourth-order valence-corrected chi connectivity index (χ4v) is 2.20. The predicted molar refractivity (Wildman–Crippen MR) is 65.5 cm³/mol. The molecular formula is C13H12NOS. The maximum Gasteiger partial charge on any atom is 0.152 e. The van der Waals surface area contributed by atoms with Gasteiger partial charge in [0.05, 0.1) is 5.69 Å². The standard InChI is InChI=1S/C13H12NOS/c1-2-16(15)12-8-6-11(7-9-12)13-5-3-4-10-14-13/h4-10H,2H2,1H3. The van der Waals surface area contributed by atoms with E-state index in [0.29, 0.717) is 5.75 Å². The number of aromatic nitrogens is 1. The van der Waals surface area contributed by atoms with E-state index in [-0.39, 0.29) is 0 Å². The summed E-state index contributed by atoms with van der Waals surface area (Å²) in [5.41, 5.74) is 1.91. The molecule has 1 heterocycles. The summed E-state index contributed by atoms with van der Waals surface area (Å²) in [4.78, 5) is 5.10. The third-order valence-corrected chi connectivity index (χ3v) is 3.60. The minimum absolute atomic E-state index is 0.650. The number of benzene rings is 1. The second-order valence-corrected chi connectivity index (χ2v) is 5.04. The lowest BCUT2D eigenvalue weighted by molar-refractivity contribution is 0.596. The van der Waals surface area contributed by atoms with E-state index in [1.54, 1.807) is 12.3 Å². The minimum atomic E-state index is -0.883. The van der Waals surface area contributed by atoms with E-state index in [1.165, 1.54) is 0 Å². The van der Waals surface area contributed by atoms with Crippen molar-refractivity contribution in [1.29, 1.82) is 0 Å². The zero-order valence-electron chi connectivity index (χ0n) is 9.01. The molecule has 0 spiro atoms. The van der Waals surface area contributed by atoms with E-state index >= 15 is 0 Å². The Bertz CT molecular complexity index is 441. The van der Waals surface area contributed by atoms with Gasteiger partial charge in [-0.15, -0.1) is 0 Å². The number of hydrogen-bond acceptors (Lipinski definition) is 2. The summed E-state index contributed by atoms with van der Waals surface area (Å²) in [6.45, 7) is 1.91. The van der Waals surface area contributed by atoms with Crippen LogP contribution in [0.1, 0.15) is 6.92 Å². The van der Waals surface area contributed by atoms with Crippen molar-refractivity contribution in [2.24, 2.45) is 0 Å². The predicted octanol–water partition coefficient (Wildman–Crippen LogP) is 2.68. The van der Waals surface area contributed by atoms with Crippen molar-refractivity contribution in [3.8, 4) is 11.3 Å². The highest BCUT2D eigenvalue weighted by molar-refractivity contribution is 7.91. The number of pyridine rings is 1. The van der Waals surface area contributed by atoms with E-state index in [4.69, 9.17) is 0 Å². The van der Waals surface area contributed by atoms with Crippen molar-refractivity contribution in [2.45, 2.75) is 11.8 Å². The molecule has 81 valence electrons. The van der Waals surface area contributed by atoms with Crippen LogP contribution in [0, 0.1) is 6.07 Å². The molecule has 0 saturated carbocycles. The molecule has 3 heteroatoms. The number of hydrogen-bond donors (Lipinski definition) is 0. The van der Waals surface area contributed by atoms with Crippen LogP contribution in [0.2, 0.25) is 0 Å². The molecule has 0 fully saturated rings. The molecule has 1 radical (unpaired) electrons. The Kier molecular flexibility index (Phi) is 3.59. The first-order valence-electron chi connectivity index (χ1n) is 5.12. The van der Waals surface area contributed by atoms with Crippen LogP contribution in [0.4, 0.5) is 0 Å². The van der Waals surface area contributed by atoms with Gasteiger partial charge in [0.2, 0.25) is 0 Å². The van der Waals surface area contributed by atoms with Crippen LogP contribution >= 0.6 is 0 Å². The van der Waals surface area contributed by atoms with Gasteiger partial charge in [-0.25, -0.2) is 0 Å². The quantitative estimate of drug-likeness (QED) is 0.760. The maximum atomic E-state index is 11.6. The van der Waals surface area contributed by atoms with Gasteiger partial charge in [0.25, 0.3) is 0 Å². The molecule has 2 rings (SSSR count). The maximum absolute atomic E-state index is 11.6. The third-order valence-electron chi connectivity index (χ3n) is 2.28. The van der Waals surface area contributed by atoms with Gasteiger partial charge in [-0.3, -0.25) is 4.98 Å². The van der Waals surface area contributed by atoms with E-state index < -0.39 is 11.2 Å². The summed E-state index contributed by atoms with van der Waals surface area (Å²) in [6, 6.07) is 14.3. The highest BCUT2D eigenvalue weighted by atomic mass is 32.2. The lowest BCUT2D eigenvalue weighted by atomic mass is 10.1. The molecule has 0 saturated heterocycles.